The summed E-state index contributed by atoms with van der Waals surface area (Å²) in [6.45, 7) is 0. The van der Waals surface area contributed by atoms with Gasteiger partial charge in [0, 0.05) is 15.1 Å². The van der Waals surface area contributed by atoms with E-state index in [0.29, 0.717) is 4.47 Å². The number of rotatable bonds is 2. The highest BCUT2D eigenvalue weighted by Crippen LogP contribution is 2.30. The van der Waals surface area contributed by atoms with Gasteiger partial charge in [-0.1, -0.05) is 33.6 Å². The lowest BCUT2D eigenvalue weighted by Crippen LogP contribution is -2.14. The normalized spacial score (nSPS) is 12.5. The largest absolute Gasteiger partial charge is 0.320 e. The molecule has 2 N–H and O–H groups in total. The summed E-state index contributed by atoms with van der Waals surface area (Å²) < 4.78 is 40.5. The van der Waals surface area contributed by atoms with E-state index in [0.717, 1.165) is 12.1 Å². The molecule has 1 nitrogen and oxygen atoms in total. The van der Waals surface area contributed by atoms with Crippen molar-refractivity contribution in [2.45, 2.75) is 6.04 Å². The van der Waals surface area contributed by atoms with E-state index in [2.05, 4.69) is 15.9 Å². The van der Waals surface area contributed by atoms with Crippen molar-refractivity contribution in [3.8, 4) is 0 Å². The van der Waals surface area contributed by atoms with Gasteiger partial charge in [-0.05, 0) is 29.8 Å². The first-order chi connectivity index (χ1) is 8.90. The Hall–Kier alpha value is -1.04. The van der Waals surface area contributed by atoms with Gasteiger partial charge in [-0.2, -0.15) is 0 Å². The summed E-state index contributed by atoms with van der Waals surface area (Å²) in [6, 6.07) is 5.03. The van der Waals surface area contributed by atoms with E-state index >= 15 is 0 Å². The van der Waals surface area contributed by atoms with E-state index in [1.54, 1.807) is 6.07 Å². The summed E-state index contributed by atoms with van der Waals surface area (Å²) >= 11 is 8.93. The molecule has 0 aliphatic heterocycles. The van der Waals surface area contributed by atoms with Crippen LogP contribution in [-0.2, 0) is 0 Å². The first kappa shape index (κ1) is 14.4. The van der Waals surface area contributed by atoms with Gasteiger partial charge in [0.1, 0.15) is 5.82 Å². The van der Waals surface area contributed by atoms with E-state index in [9.17, 15) is 13.2 Å². The molecule has 2 aromatic rings. The van der Waals surface area contributed by atoms with Gasteiger partial charge in [-0.15, -0.1) is 0 Å². The van der Waals surface area contributed by atoms with Crippen molar-refractivity contribution in [3.63, 3.8) is 0 Å². The van der Waals surface area contributed by atoms with Gasteiger partial charge in [0.2, 0.25) is 0 Å². The Bertz CT molecular complexity index is 634. The smallest absolute Gasteiger partial charge is 0.160 e. The molecular weight excluding hydrogens is 343 g/mol. The summed E-state index contributed by atoms with van der Waals surface area (Å²) in [5, 5.41) is -0.0475. The second-order valence-electron chi connectivity index (χ2n) is 3.93. The van der Waals surface area contributed by atoms with Gasteiger partial charge in [0.15, 0.2) is 11.6 Å². The van der Waals surface area contributed by atoms with Crippen LogP contribution in [0, 0.1) is 17.5 Å². The van der Waals surface area contributed by atoms with Crippen LogP contribution < -0.4 is 5.73 Å². The van der Waals surface area contributed by atoms with Crippen LogP contribution >= 0.6 is 27.5 Å². The molecule has 0 aliphatic rings. The fourth-order valence-corrected chi connectivity index (χ4v) is 2.30. The zero-order valence-electron chi connectivity index (χ0n) is 9.43. The molecule has 1 unspecified atom stereocenters. The number of halogens is 5. The molecule has 0 aromatic heterocycles. The minimum Gasteiger partial charge on any atom is -0.320 e. The number of benzene rings is 2. The van der Waals surface area contributed by atoms with Gasteiger partial charge >= 0.3 is 0 Å². The fraction of sp³-hybridized carbons (Fsp3) is 0.0769. The van der Waals surface area contributed by atoms with Crippen LogP contribution in [0.15, 0.2) is 34.8 Å². The summed E-state index contributed by atoms with van der Waals surface area (Å²) in [5.74, 6) is -2.70. The Morgan fingerprint density at radius 2 is 1.58 bits per heavy atom. The topological polar surface area (TPSA) is 26.0 Å². The maximum Gasteiger partial charge on any atom is 0.160 e. The Labute approximate surface area is 121 Å². The Morgan fingerprint density at radius 1 is 0.947 bits per heavy atom. The van der Waals surface area contributed by atoms with Crippen molar-refractivity contribution in [3.05, 3.63) is 68.4 Å². The van der Waals surface area contributed by atoms with Crippen LogP contribution in [0.5, 0.6) is 0 Å². The molecule has 100 valence electrons. The van der Waals surface area contributed by atoms with Crippen molar-refractivity contribution in [2.24, 2.45) is 5.73 Å². The Kier molecular flexibility index (Phi) is 4.18. The van der Waals surface area contributed by atoms with Crippen molar-refractivity contribution >= 4 is 27.5 Å². The van der Waals surface area contributed by atoms with Crippen molar-refractivity contribution in [1.82, 2.24) is 0 Å². The first-order valence-corrected chi connectivity index (χ1v) is 6.42. The van der Waals surface area contributed by atoms with E-state index < -0.39 is 23.5 Å². The summed E-state index contributed by atoms with van der Waals surface area (Å²) in [5.41, 5.74) is 6.13. The lowest BCUT2D eigenvalue weighted by Gasteiger charge is -2.15. The average Bonchev–Trinajstić information content (AvgIpc) is 2.33. The standard InChI is InChI=1S/C13H8BrClF3N/c14-6-1-2-7(10(16)3-6)13(19)8-4-11(17)12(18)5-9(8)15/h1-5,13H,19H2. The predicted octanol–water partition coefficient (Wildman–Crippen LogP) is 4.57. The average molecular weight is 351 g/mol. The molecule has 0 spiro atoms. The quantitative estimate of drug-likeness (QED) is 0.789. The third-order valence-electron chi connectivity index (χ3n) is 2.67. The number of hydrogen-bond acceptors (Lipinski definition) is 1. The van der Waals surface area contributed by atoms with Crippen LogP contribution in [0.2, 0.25) is 5.02 Å². The van der Waals surface area contributed by atoms with Crippen LogP contribution in [0.4, 0.5) is 13.2 Å². The third kappa shape index (κ3) is 2.94. The molecule has 2 rings (SSSR count). The van der Waals surface area contributed by atoms with Gasteiger partial charge in [-0.25, -0.2) is 13.2 Å². The maximum absolute atomic E-state index is 13.8. The van der Waals surface area contributed by atoms with Crippen molar-refractivity contribution in [2.75, 3.05) is 0 Å². The predicted molar refractivity (Wildman–Crippen MR) is 71.5 cm³/mol. The fourth-order valence-electron chi connectivity index (χ4n) is 1.70. The third-order valence-corrected chi connectivity index (χ3v) is 3.49. The molecule has 19 heavy (non-hydrogen) atoms. The molecule has 0 saturated carbocycles. The molecule has 0 amide bonds. The lowest BCUT2D eigenvalue weighted by molar-refractivity contribution is 0.506. The first-order valence-electron chi connectivity index (χ1n) is 5.25. The SMILES string of the molecule is NC(c1ccc(Br)cc1F)c1cc(F)c(F)cc1Cl. The zero-order valence-corrected chi connectivity index (χ0v) is 11.8. The second-order valence-corrected chi connectivity index (χ2v) is 5.25. The molecule has 0 heterocycles. The van der Waals surface area contributed by atoms with Gasteiger partial charge in [0.25, 0.3) is 0 Å². The maximum atomic E-state index is 13.8. The highest BCUT2D eigenvalue weighted by atomic mass is 79.9. The van der Waals surface area contributed by atoms with E-state index in [1.165, 1.54) is 12.1 Å². The molecule has 0 saturated heterocycles. The highest BCUT2D eigenvalue weighted by Gasteiger charge is 2.19. The Morgan fingerprint density at radius 3 is 2.21 bits per heavy atom. The van der Waals surface area contributed by atoms with Crippen molar-refractivity contribution < 1.29 is 13.2 Å². The molecular formula is C13H8BrClF3N. The monoisotopic (exact) mass is 349 g/mol. The van der Waals surface area contributed by atoms with Gasteiger partial charge in [0.05, 0.1) is 6.04 Å². The van der Waals surface area contributed by atoms with Crippen LogP contribution in [0.25, 0.3) is 0 Å². The Balaban J connectivity index is 2.49. The van der Waals surface area contributed by atoms with Crippen molar-refractivity contribution in [1.29, 1.82) is 0 Å². The minimum atomic E-state index is -1.08. The van der Waals surface area contributed by atoms with E-state index in [1.807, 2.05) is 0 Å². The molecule has 2 aromatic carbocycles. The lowest BCUT2D eigenvalue weighted by atomic mass is 9.99. The summed E-state index contributed by atoms with van der Waals surface area (Å²) in [6.07, 6.45) is 0. The molecule has 0 fully saturated rings. The number of nitrogens with two attached hydrogens (primary N) is 1. The molecule has 6 heteroatoms. The van der Waals surface area contributed by atoms with E-state index in [-0.39, 0.29) is 16.1 Å². The molecule has 0 radical (unpaired) electrons. The van der Waals surface area contributed by atoms with Gasteiger partial charge in [-0.3, -0.25) is 0 Å². The summed E-state index contributed by atoms with van der Waals surface area (Å²) in [4.78, 5) is 0. The van der Waals surface area contributed by atoms with Gasteiger partial charge < -0.3 is 5.73 Å². The van der Waals surface area contributed by atoms with E-state index in [4.69, 9.17) is 17.3 Å². The zero-order chi connectivity index (χ0) is 14.2. The number of hydrogen-bond donors (Lipinski definition) is 1. The summed E-state index contributed by atoms with van der Waals surface area (Å²) in [7, 11) is 0. The van der Waals surface area contributed by atoms with Crippen LogP contribution in [0.3, 0.4) is 0 Å². The van der Waals surface area contributed by atoms with Crippen LogP contribution in [0.1, 0.15) is 17.2 Å². The van der Waals surface area contributed by atoms with Crippen LogP contribution in [-0.4, -0.2) is 0 Å². The molecule has 1 atom stereocenters. The highest BCUT2D eigenvalue weighted by molar-refractivity contribution is 9.10. The molecule has 0 bridgehead atoms. The second kappa shape index (κ2) is 5.53. The minimum absolute atomic E-state index is 0.0475. The molecule has 0 aliphatic carbocycles.